The number of likely N-dealkylation sites (tertiary alicyclic amines) is 1. The van der Waals surface area contributed by atoms with Crippen LogP contribution < -0.4 is 0 Å². The fourth-order valence-corrected chi connectivity index (χ4v) is 2.44. The Morgan fingerprint density at radius 1 is 1.42 bits per heavy atom. The Hall–Kier alpha value is -1.82. The van der Waals surface area contributed by atoms with Gasteiger partial charge in [0.2, 0.25) is 0 Å². The molecular formula is C17H19NO. The molecule has 0 bridgehead atoms. The lowest BCUT2D eigenvalue weighted by Gasteiger charge is -2.42. The van der Waals surface area contributed by atoms with Crippen LogP contribution in [0.1, 0.15) is 18.5 Å². The zero-order valence-electron chi connectivity index (χ0n) is 11.2. The number of nitrogens with zero attached hydrogens (tertiary/aromatic N) is 1. The van der Waals surface area contributed by atoms with E-state index in [-0.39, 0.29) is 12.1 Å². The maximum Gasteiger partial charge on any atom is 0.0794 e. The lowest BCUT2D eigenvalue weighted by molar-refractivity contribution is -0.0162. The Labute approximate surface area is 115 Å². The number of β-amino-alcohol motifs (C(OH)–C–C–N with tert-alkyl or cyclic N) is 1. The van der Waals surface area contributed by atoms with Gasteiger partial charge < -0.3 is 5.11 Å². The van der Waals surface area contributed by atoms with Gasteiger partial charge in [-0.3, -0.25) is 4.90 Å². The fraction of sp³-hybridized carbons (Fsp3) is 0.294. The maximum absolute atomic E-state index is 9.53. The van der Waals surface area contributed by atoms with E-state index in [1.54, 1.807) is 6.08 Å². The third-order valence-corrected chi connectivity index (χ3v) is 3.39. The van der Waals surface area contributed by atoms with Gasteiger partial charge in [0, 0.05) is 13.1 Å². The van der Waals surface area contributed by atoms with Crippen molar-refractivity contribution in [3.63, 3.8) is 0 Å². The van der Waals surface area contributed by atoms with Crippen LogP contribution in [-0.2, 0) is 0 Å². The molecule has 1 aromatic rings. The molecule has 1 saturated heterocycles. The number of benzene rings is 1. The first kappa shape index (κ1) is 13.6. The van der Waals surface area contributed by atoms with E-state index in [4.69, 9.17) is 6.42 Å². The van der Waals surface area contributed by atoms with Crippen molar-refractivity contribution in [1.29, 1.82) is 0 Å². The second-order valence-electron chi connectivity index (χ2n) is 4.71. The molecule has 1 aromatic carbocycles. The van der Waals surface area contributed by atoms with Crippen LogP contribution in [0.25, 0.3) is 0 Å². The predicted octanol–water partition coefficient (Wildman–Crippen LogP) is 2.54. The zero-order chi connectivity index (χ0) is 13.7. The molecule has 0 saturated carbocycles. The van der Waals surface area contributed by atoms with Crippen LogP contribution in [-0.4, -0.2) is 29.2 Å². The third-order valence-electron chi connectivity index (χ3n) is 3.39. The van der Waals surface area contributed by atoms with Crippen LogP contribution in [0.15, 0.2) is 54.1 Å². The van der Waals surface area contributed by atoms with Gasteiger partial charge in [0.25, 0.3) is 0 Å². The molecule has 1 unspecified atom stereocenters. The van der Waals surface area contributed by atoms with Crippen molar-refractivity contribution < 1.29 is 5.11 Å². The van der Waals surface area contributed by atoms with Crippen molar-refractivity contribution in [2.75, 3.05) is 13.1 Å². The molecule has 1 fully saturated rings. The Balaban J connectivity index is 2.29. The van der Waals surface area contributed by atoms with E-state index in [1.165, 1.54) is 5.56 Å². The summed E-state index contributed by atoms with van der Waals surface area (Å²) in [5, 5.41) is 9.53. The van der Waals surface area contributed by atoms with Crippen LogP contribution in [0.2, 0.25) is 0 Å². The fourth-order valence-electron chi connectivity index (χ4n) is 2.44. The van der Waals surface area contributed by atoms with E-state index < -0.39 is 0 Å². The molecule has 1 N–H and O–H groups in total. The van der Waals surface area contributed by atoms with Crippen LogP contribution in [0.4, 0.5) is 0 Å². The molecule has 2 nitrogen and oxygen atoms in total. The SMILES string of the molecule is C#C/C=C\C(=C/C)C(c1ccccc1)N1CC(O)C1. The zero-order valence-corrected chi connectivity index (χ0v) is 11.2. The molecule has 0 spiro atoms. The van der Waals surface area contributed by atoms with E-state index in [1.807, 2.05) is 31.2 Å². The van der Waals surface area contributed by atoms with Gasteiger partial charge in [0.1, 0.15) is 0 Å². The molecule has 0 aromatic heterocycles. The van der Waals surface area contributed by atoms with Gasteiger partial charge >= 0.3 is 0 Å². The molecule has 0 amide bonds. The van der Waals surface area contributed by atoms with Gasteiger partial charge in [-0.2, -0.15) is 0 Å². The highest BCUT2D eigenvalue weighted by Gasteiger charge is 2.32. The average Bonchev–Trinajstić information content (AvgIpc) is 2.42. The molecule has 1 aliphatic heterocycles. The quantitative estimate of drug-likeness (QED) is 0.658. The highest BCUT2D eigenvalue weighted by atomic mass is 16.3. The number of hydrogen-bond donors (Lipinski definition) is 1. The Morgan fingerprint density at radius 2 is 2.11 bits per heavy atom. The summed E-state index contributed by atoms with van der Waals surface area (Å²) in [6.45, 7) is 3.43. The monoisotopic (exact) mass is 253 g/mol. The van der Waals surface area contributed by atoms with E-state index in [2.05, 4.69) is 29.0 Å². The van der Waals surface area contributed by atoms with E-state index >= 15 is 0 Å². The van der Waals surface area contributed by atoms with Gasteiger partial charge in [-0.25, -0.2) is 0 Å². The summed E-state index contributed by atoms with van der Waals surface area (Å²) in [6.07, 6.45) is 10.9. The summed E-state index contributed by atoms with van der Waals surface area (Å²) in [5.74, 6) is 2.53. The van der Waals surface area contributed by atoms with Crippen LogP contribution in [0.5, 0.6) is 0 Å². The predicted molar refractivity (Wildman–Crippen MR) is 78.5 cm³/mol. The second kappa shape index (κ2) is 6.38. The topological polar surface area (TPSA) is 23.5 Å². The van der Waals surface area contributed by atoms with Gasteiger partial charge in [-0.05, 0) is 30.2 Å². The van der Waals surface area contributed by atoms with Crippen LogP contribution >= 0.6 is 0 Å². The van der Waals surface area contributed by atoms with Gasteiger partial charge in [0.15, 0.2) is 0 Å². The highest BCUT2D eigenvalue weighted by Crippen LogP contribution is 2.32. The Kier molecular flexibility index (Phi) is 4.57. The summed E-state index contributed by atoms with van der Waals surface area (Å²) >= 11 is 0. The molecule has 1 atom stereocenters. The molecule has 2 rings (SSSR count). The molecule has 1 aliphatic rings. The number of aliphatic hydroxyl groups excluding tert-OH is 1. The first-order valence-electron chi connectivity index (χ1n) is 6.52. The highest BCUT2D eigenvalue weighted by molar-refractivity contribution is 5.36. The summed E-state index contributed by atoms with van der Waals surface area (Å²) in [6, 6.07) is 10.5. The molecule has 1 heterocycles. The van der Waals surface area contributed by atoms with Crippen molar-refractivity contribution in [3.8, 4) is 12.3 Å². The number of allylic oxidation sites excluding steroid dienone is 2. The summed E-state index contributed by atoms with van der Waals surface area (Å²) < 4.78 is 0. The lowest BCUT2D eigenvalue weighted by atomic mass is 9.93. The maximum atomic E-state index is 9.53. The first-order chi connectivity index (χ1) is 9.26. The number of terminal acetylenes is 1. The largest absolute Gasteiger partial charge is 0.390 e. The molecule has 2 heteroatoms. The smallest absolute Gasteiger partial charge is 0.0794 e. The first-order valence-corrected chi connectivity index (χ1v) is 6.52. The summed E-state index contributed by atoms with van der Waals surface area (Å²) in [5.41, 5.74) is 2.39. The molecular weight excluding hydrogens is 234 g/mol. The normalized spacial score (nSPS) is 19.1. The van der Waals surface area contributed by atoms with E-state index in [0.29, 0.717) is 13.1 Å². The van der Waals surface area contributed by atoms with Crippen LogP contribution in [0.3, 0.4) is 0 Å². The number of rotatable bonds is 4. The van der Waals surface area contributed by atoms with Crippen molar-refractivity contribution >= 4 is 0 Å². The molecule has 19 heavy (non-hydrogen) atoms. The van der Waals surface area contributed by atoms with Crippen molar-refractivity contribution in [2.45, 2.75) is 19.1 Å². The second-order valence-corrected chi connectivity index (χ2v) is 4.71. The van der Waals surface area contributed by atoms with Crippen LogP contribution in [0, 0.1) is 12.3 Å². The number of hydrogen-bond acceptors (Lipinski definition) is 2. The van der Waals surface area contributed by atoms with Crippen molar-refractivity contribution in [2.24, 2.45) is 0 Å². The minimum atomic E-state index is -0.207. The van der Waals surface area contributed by atoms with Gasteiger partial charge in [0.05, 0.1) is 12.1 Å². The van der Waals surface area contributed by atoms with E-state index in [0.717, 1.165) is 5.57 Å². The van der Waals surface area contributed by atoms with Crippen molar-refractivity contribution in [1.82, 2.24) is 4.90 Å². The standard InChI is InChI=1S/C17H19NO/c1-3-5-9-14(4-2)17(18-12-16(19)13-18)15-10-7-6-8-11-15/h1,4-11,16-17,19H,12-13H2,2H3/b9-5-,14-4+. The molecule has 0 aliphatic carbocycles. The van der Waals surface area contributed by atoms with Gasteiger partial charge in [-0.15, -0.1) is 6.42 Å². The summed E-state index contributed by atoms with van der Waals surface area (Å²) in [7, 11) is 0. The van der Waals surface area contributed by atoms with E-state index in [9.17, 15) is 5.11 Å². The minimum Gasteiger partial charge on any atom is -0.390 e. The lowest BCUT2D eigenvalue weighted by Crippen LogP contribution is -2.52. The average molecular weight is 253 g/mol. The third kappa shape index (κ3) is 3.14. The Bertz CT molecular complexity index is 504. The summed E-state index contributed by atoms with van der Waals surface area (Å²) in [4.78, 5) is 2.26. The molecule has 98 valence electrons. The van der Waals surface area contributed by atoms with Gasteiger partial charge in [-0.1, -0.05) is 42.3 Å². The van der Waals surface area contributed by atoms with Crippen molar-refractivity contribution in [3.05, 3.63) is 59.7 Å². The minimum absolute atomic E-state index is 0.166. The Morgan fingerprint density at radius 3 is 2.63 bits per heavy atom. The molecule has 0 radical (unpaired) electrons. The number of aliphatic hydroxyl groups is 1.